The lowest BCUT2D eigenvalue weighted by Crippen LogP contribution is -2.07. The van der Waals surface area contributed by atoms with Crippen LogP contribution in [0, 0.1) is 6.92 Å². The summed E-state index contributed by atoms with van der Waals surface area (Å²) in [6.07, 6.45) is 0.508. The van der Waals surface area contributed by atoms with E-state index in [-0.39, 0.29) is 12.0 Å². The maximum Gasteiger partial charge on any atom is 0.257 e. The molecule has 1 aromatic heterocycles. The van der Waals surface area contributed by atoms with E-state index < -0.39 is 0 Å². The number of ether oxygens (including phenoxy) is 1. The Labute approximate surface area is 111 Å². The third-order valence-electron chi connectivity index (χ3n) is 2.61. The van der Waals surface area contributed by atoms with Gasteiger partial charge in [0.1, 0.15) is 11.6 Å². The highest BCUT2D eigenvalue weighted by molar-refractivity contribution is 6.16. The van der Waals surface area contributed by atoms with Crippen LogP contribution in [0.5, 0.6) is 5.75 Å². The number of benzene rings is 1. The second-order valence-corrected chi connectivity index (χ2v) is 4.22. The van der Waals surface area contributed by atoms with Crippen molar-refractivity contribution in [2.45, 2.75) is 32.3 Å². The molecular formula is C13H15ClN2O2. The van der Waals surface area contributed by atoms with Crippen molar-refractivity contribution >= 4 is 11.6 Å². The van der Waals surface area contributed by atoms with Crippen LogP contribution in [0.2, 0.25) is 0 Å². The molecule has 0 N–H and O–H groups in total. The first kappa shape index (κ1) is 12.9. The third kappa shape index (κ3) is 2.82. The van der Waals surface area contributed by atoms with Crippen molar-refractivity contribution in [1.29, 1.82) is 0 Å². The van der Waals surface area contributed by atoms with E-state index in [1.165, 1.54) is 0 Å². The fourth-order valence-corrected chi connectivity index (χ4v) is 1.71. The van der Waals surface area contributed by atoms with E-state index in [4.69, 9.17) is 20.8 Å². The van der Waals surface area contributed by atoms with Crippen LogP contribution in [0.3, 0.4) is 0 Å². The molecule has 0 radical (unpaired) electrons. The van der Waals surface area contributed by atoms with Gasteiger partial charge in [-0.15, -0.1) is 21.8 Å². The van der Waals surface area contributed by atoms with Crippen molar-refractivity contribution in [2.24, 2.45) is 0 Å². The van der Waals surface area contributed by atoms with Crippen LogP contribution >= 0.6 is 11.6 Å². The average molecular weight is 267 g/mol. The summed E-state index contributed by atoms with van der Waals surface area (Å²) in [6.45, 7) is 4.01. The zero-order valence-electron chi connectivity index (χ0n) is 10.4. The first-order chi connectivity index (χ1) is 8.74. The van der Waals surface area contributed by atoms with Gasteiger partial charge in [-0.05, 0) is 25.0 Å². The fraction of sp³-hybridized carbons (Fsp3) is 0.385. The SMILES string of the molecule is CCC(Oc1ccccc1C)c1nnc(CCl)o1. The topological polar surface area (TPSA) is 48.2 Å². The quantitative estimate of drug-likeness (QED) is 0.775. The van der Waals surface area contributed by atoms with Crippen LogP contribution in [0.25, 0.3) is 0 Å². The molecular weight excluding hydrogens is 252 g/mol. The van der Waals surface area contributed by atoms with E-state index in [9.17, 15) is 0 Å². The van der Waals surface area contributed by atoms with Gasteiger partial charge in [0.2, 0.25) is 5.89 Å². The molecule has 96 valence electrons. The molecule has 0 aliphatic heterocycles. The zero-order chi connectivity index (χ0) is 13.0. The first-order valence-electron chi connectivity index (χ1n) is 5.85. The predicted octanol–water partition coefficient (Wildman–Crippen LogP) is 3.65. The first-order valence-corrected chi connectivity index (χ1v) is 6.38. The molecule has 0 fully saturated rings. The minimum absolute atomic E-state index is 0.216. The minimum atomic E-state index is -0.240. The van der Waals surface area contributed by atoms with Gasteiger partial charge in [-0.25, -0.2) is 0 Å². The molecule has 1 unspecified atom stereocenters. The predicted molar refractivity (Wildman–Crippen MR) is 68.7 cm³/mol. The summed E-state index contributed by atoms with van der Waals surface area (Å²) in [4.78, 5) is 0. The van der Waals surface area contributed by atoms with Crippen LogP contribution in [0.1, 0.15) is 36.8 Å². The van der Waals surface area contributed by atoms with Gasteiger partial charge in [0.15, 0.2) is 6.10 Å². The Kier molecular flexibility index (Phi) is 4.20. The monoisotopic (exact) mass is 266 g/mol. The average Bonchev–Trinajstić information content (AvgIpc) is 2.86. The van der Waals surface area contributed by atoms with E-state index in [0.717, 1.165) is 17.7 Å². The summed E-state index contributed by atoms with van der Waals surface area (Å²) < 4.78 is 11.3. The number of aryl methyl sites for hydroxylation is 1. The number of aromatic nitrogens is 2. The van der Waals surface area contributed by atoms with Crippen molar-refractivity contribution < 1.29 is 9.15 Å². The number of nitrogens with zero attached hydrogens (tertiary/aromatic N) is 2. The molecule has 0 saturated carbocycles. The summed E-state index contributed by atoms with van der Waals surface area (Å²) in [5, 5.41) is 7.80. The van der Waals surface area contributed by atoms with Crippen molar-refractivity contribution in [3.63, 3.8) is 0 Å². The molecule has 0 aliphatic carbocycles. The molecule has 18 heavy (non-hydrogen) atoms. The molecule has 1 heterocycles. The summed E-state index contributed by atoms with van der Waals surface area (Å²) in [5.41, 5.74) is 1.08. The maximum absolute atomic E-state index is 5.90. The van der Waals surface area contributed by atoms with Crippen LogP contribution in [0.4, 0.5) is 0 Å². The Morgan fingerprint density at radius 3 is 2.72 bits per heavy atom. The smallest absolute Gasteiger partial charge is 0.257 e. The number of hydrogen-bond acceptors (Lipinski definition) is 4. The second-order valence-electron chi connectivity index (χ2n) is 3.95. The van der Waals surface area contributed by atoms with E-state index in [1.54, 1.807) is 0 Å². The Morgan fingerprint density at radius 1 is 1.33 bits per heavy atom. The van der Waals surface area contributed by atoms with Crippen molar-refractivity contribution in [3.05, 3.63) is 41.6 Å². The van der Waals surface area contributed by atoms with E-state index in [0.29, 0.717) is 11.8 Å². The number of rotatable bonds is 5. The van der Waals surface area contributed by atoms with Gasteiger partial charge in [0.05, 0.1) is 0 Å². The lowest BCUT2D eigenvalue weighted by Gasteiger charge is -2.15. The molecule has 0 saturated heterocycles. The summed E-state index contributed by atoms with van der Waals surface area (Å²) in [5.74, 6) is 1.93. The van der Waals surface area contributed by atoms with Crippen molar-refractivity contribution in [3.8, 4) is 5.75 Å². The maximum atomic E-state index is 5.90. The molecule has 2 rings (SSSR count). The lowest BCUT2D eigenvalue weighted by molar-refractivity contribution is 0.162. The van der Waals surface area contributed by atoms with Crippen LogP contribution < -0.4 is 4.74 Å². The summed E-state index contributed by atoms with van der Waals surface area (Å²) >= 11 is 5.64. The highest BCUT2D eigenvalue weighted by atomic mass is 35.5. The molecule has 5 heteroatoms. The zero-order valence-corrected chi connectivity index (χ0v) is 11.1. The third-order valence-corrected chi connectivity index (χ3v) is 2.83. The van der Waals surface area contributed by atoms with Crippen LogP contribution in [-0.4, -0.2) is 10.2 Å². The summed E-state index contributed by atoms with van der Waals surface area (Å²) in [7, 11) is 0. The molecule has 1 atom stereocenters. The molecule has 0 bridgehead atoms. The van der Waals surface area contributed by atoms with E-state index in [2.05, 4.69) is 10.2 Å². The van der Waals surface area contributed by atoms with Gasteiger partial charge in [0, 0.05) is 0 Å². The summed E-state index contributed by atoms with van der Waals surface area (Å²) in [6, 6.07) is 7.84. The number of hydrogen-bond donors (Lipinski definition) is 0. The van der Waals surface area contributed by atoms with Gasteiger partial charge >= 0.3 is 0 Å². The highest BCUT2D eigenvalue weighted by Gasteiger charge is 2.19. The molecule has 0 aliphatic rings. The van der Waals surface area contributed by atoms with Crippen molar-refractivity contribution in [2.75, 3.05) is 0 Å². The molecule has 0 spiro atoms. The standard InChI is InChI=1S/C13H15ClN2O2/c1-3-10(13-16-15-12(8-14)18-13)17-11-7-5-4-6-9(11)2/h4-7,10H,3,8H2,1-2H3. The van der Waals surface area contributed by atoms with Crippen molar-refractivity contribution in [1.82, 2.24) is 10.2 Å². The normalized spacial score (nSPS) is 12.4. The molecule has 0 amide bonds. The Hall–Kier alpha value is -1.55. The molecule has 2 aromatic rings. The van der Waals surface area contributed by atoms with Crippen LogP contribution in [0.15, 0.2) is 28.7 Å². The fourth-order valence-electron chi connectivity index (χ4n) is 1.60. The van der Waals surface area contributed by atoms with Gasteiger partial charge in [-0.3, -0.25) is 0 Å². The highest BCUT2D eigenvalue weighted by Crippen LogP contribution is 2.26. The number of para-hydroxylation sites is 1. The number of halogens is 1. The Morgan fingerprint density at radius 2 is 2.11 bits per heavy atom. The number of alkyl halides is 1. The largest absolute Gasteiger partial charge is 0.480 e. The molecule has 4 nitrogen and oxygen atoms in total. The van der Waals surface area contributed by atoms with Gasteiger partial charge < -0.3 is 9.15 Å². The van der Waals surface area contributed by atoms with Gasteiger partial charge in [0.25, 0.3) is 5.89 Å². The van der Waals surface area contributed by atoms with E-state index >= 15 is 0 Å². The lowest BCUT2D eigenvalue weighted by atomic mass is 10.2. The Bertz CT molecular complexity index is 513. The van der Waals surface area contributed by atoms with Crippen LogP contribution in [-0.2, 0) is 5.88 Å². The van der Waals surface area contributed by atoms with E-state index in [1.807, 2.05) is 38.1 Å². The second kappa shape index (κ2) is 5.87. The van der Waals surface area contributed by atoms with Gasteiger partial charge in [-0.1, -0.05) is 25.1 Å². The minimum Gasteiger partial charge on any atom is -0.480 e. The van der Waals surface area contributed by atoms with Gasteiger partial charge in [-0.2, -0.15) is 0 Å². The molecule has 1 aromatic carbocycles. The Balaban J connectivity index is 2.17.